The highest BCUT2D eigenvalue weighted by Gasteiger charge is 2.14. The van der Waals surface area contributed by atoms with Gasteiger partial charge in [0.1, 0.15) is 0 Å². The van der Waals surface area contributed by atoms with Crippen molar-refractivity contribution in [3.8, 4) is 0 Å². The molecule has 0 aliphatic carbocycles. The molecule has 2 rings (SSSR count). The third-order valence-electron chi connectivity index (χ3n) is 2.51. The average Bonchev–Trinajstić information content (AvgIpc) is 2.29. The summed E-state index contributed by atoms with van der Waals surface area (Å²) >= 11 is 0. The number of fused-ring (bicyclic) bond motifs is 1. The lowest BCUT2D eigenvalue weighted by Gasteiger charge is -2.12. The minimum Gasteiger partial charge on any atom is -0.379 e. The van der Waals surface area contributed by atoms with E-state index in [1.807, 2.05) is 0 Å². The maximum atomic E-state index is 5.99. The van der Waals surface area contributed by atoms with Crippen LogP contribution < -0.4 is 5.73 Å². The Morgan fingerprint density at radius 2 is 2.21 bits per heavy atom. The molecule has 3 heteroatoms. The van der Waals surface area contributed by atoms with Crippen LogP contribution in [0.25, 0.3) is 0 Å². The van der Waals surface area contributed by atoms with E-state index in [4.69, 9.17) is 10.5 Å². The molecule has 2 N–H and O–H groups in total. The van der Waals surface area contributed by atoms with Crippen LogP contribution in [-0.4, -0.2) is 13.2 Å². The number of hydrogen-bond donors (Lipinski definition) is 1. The van der Waals surface area contributed by atoms with Gasteiger partial charge in [0, 0.05) is 0 Å². The molecule has 1 heterocycles. The maximum absolute atomic E-state index is 5.99. The highest BCUT2D eigenvalue weighted by molar-refractivity contribution is 5.85. The number of ether oxygens (including phenoxy) is 1. The van der Waals surface area contributed by atoms with E-state index in [0.29, 0.717) is 6.61 Å². The molecule has 2 nitrogen and oxygen atoms in total. The van der Waals surface area contributed by atoms with Gasteiger partial charge in [0.2, 0.25) is 0 Å². The molecule has 1 aromatic carbocycles. The van der Waals surface area contributed by atoms with Crippen molar-refractivity contribution >= 4 is 12.4 Å². The molecule has 1 aromatic rings. The summed E-state index contributed by atoms with van der Waals surface area (Å²) in [4.78, 5) is 0. The van der Waals surface area contributed by atoms with Crippen molar-refractivity contribution in [2.75, 3.05) is 13.2 Å². The van der Waals surface area contributed by atoms with Gasteiger partial charge in [0.15, 0.2) is 0 Å². The number of halogens is 1. The number of aryl methyl sites for hydroxylation is 1. The maximum Gasteiger partial charge on any atom is 0.0659 e. The first-order valence-corrected chi connectivity index (χ1v) is 4.70. The zero-order valence-corrected chi connectivity index (χ0v) is 9.14. The minimum absolute atomic E-state index is 0. The summed E-state index contributed by atoms with van der Waals surface area (Å²) in [5.74, 6) is 0. The van der Waals surface area contributed by atoms with Crippen LogP contribution >= 0.6 is 12.4 Å². The molecule has 1 aliphatic heterocycles. The van der Waals surface area contributed by atoms with Crippen molar-refractivity contribution in [2.45, 2.75) is 19.4 Å². The number of hydrogen-bond acceptors (Lipinski definition) is 2. The van der Waals surface area contributed by atoms with Crippen molar-refractivity contribution in [3.05, 3.63) is 34.9 Å². The third kappa shape index (κ3) is 2.27. The van der Waals surface area contributed by atoms with Gasteiger partial charge in [-0.2, -0.15) is 0 Å². The Kier molecular flexibility index (Phi) is 3.93. The second kappa shape index (κ2) is 4.78. The van der Waals surface area contributed by atoms with Crippen LogP contribution in [0.1, 0.15) is 22.7 Å². The van der Waals surface area contributed by atoms with E-state index in [2.05, 4.69) is 25.1 Å². The van der Waals surface area contributed by atoms with Gasteiger partial charge in [0.05, 0.1) is 19.3 Å². The van der Waals surface area contributed by atoms with Crippen molar-refractivity contribution < 1.29 is 4.74 Å². The van der Waals surface area contributed by atoms with Crippen LogP contribution in [0.15, 0.2) is 18.2 Å². The summed E-state index contributed by atoms with van der Waals surface area (Å²) in [6.07, 6.45) is 0.989. The monoisotopic (exact) mass is 213 g/mol. The smallest absolute Gasteiger partial charge is 0.0659 e. The van der Waals surface area contributed by atoms with Gasteiger partial charge in [-0.05, 0) is 24.5 Å². The normalized spacial score (nSPS) is 20.6. The van der Waals surface area contributed by atoms with E-state index >= 15 is 0 Å². The molecule has 1 atom stereocenters. The van der Waals surface area contributed by atoms with E-state index < -0.39 is 0 Å². The molecular formula is C11H16ClNO. The molecule has 0 fully saturated rings. The molecule has 0 saturated heterocycles. The van der Waals surface area contributed by atoms with E-state index in [9.17, 15) is 0 Å². The third-order valence-corrected chi connectivity index (χ3v) is 2.51. The van der Waals surface area contributed by atoms with Gasteiger partial charge in [-0.1, -0.05) is 23.8 Å². The molecule has 78 valence electrons. The summed E-state index contributed by atoms with van der Waals surface area (Å²) in [7, 11) is 0. The molecule has 0 bridgehead atoms. The molecule has 0 radical (unpaired) electrons. The fraction of sp³-hybridized carbons (Fsp3) is 0.455. The van der Waals surface area contributed by atoms with Crippen LogP contribution in [0, 0.1) is 6.92 Å². The van der Waals surface area contributed by atoms with Gasteiger partial charge >= 0.3 is 0 Å². The van der Waals surface area contributed by atoms with Crippen LogP contribution in [0.2, 0.25) is 0 Å². The standard InChI is InChI=1S/C11H15NO.ClH/c1-8-2-3-9-4-5-13-7-11(12)10(9)6-8;/h2-3,6,11H,4-5,7,12H2,1H3;1H. The molecule has 0 spiro atoms. The van der Waals surface area contributed by atoms with Crippen LogP contribution in [0.3, 0.4) is 0 Å². The summed E-state index contributed by atoms with van der Waals surface area (Å²) < 4.78 is 5.40. The Hall–Kier alpha value is -0.570. The Balaban J connectivity index is 0.000000980. The predicted molar refractivity (Wildman–Crippen MR) is 59.9 cm³/mol. The first-order valence-electron chi connectivity index (χ1n) is 4.70. The summed E-state index contributed by atoms with van der Waals surface area (Å²) in [6, 6.07) is 6.53. The minimum atomic E-state index is 0. The number of nitrogens with two attached hydrogens (primary N) is 1. The second-order valence-electron chi connectivity index (χ2n) is 3.63. The Labute approximate surface area is 90.9 Å². The van der Waals surface area contributed by atoms with Gasteiger partial charge in [-0.15, -0.1) is 12.4 Å². The molecule has 0 amide bonds. The molecule has 14 heavy (non-hydrogen) atoms. The molecule has 0 saturated carbocycles. The SMILES string of the molecule is Cc1ccc2c(c1)C(N)COCC2.Cl. The first-order chi connectivity index (χ1) is 6.27. The zero-order chi connectivity index (χ0) is 9.26. The Morgan fingerprint density at radius 3 is 3.00 bits per heavy atom. The largest absolute Gasteiger partial charge is 0.379 e. The summed E-state index contributed by atoms with van der Waals surface area (Å²) in [5, 5.41) is 0. The number of benzene rings is 1. The topological polar surface area (TPSA) is 35.2 Å². The molecular weight excluding hydrogens is 198 g/mol. The van der Waals surface area contributed by atoms with Gasteiger partial charge in [-0.3, -0.25) is 0 Å². The van der Waals surface area contributed by atoms with Crippen LogP contribution in [0.4, 0.5) is 0 Å². The lowest BCUT2D eigenvalue weighted by Crippen LogP contribution is -2.16. The van der Waals surface area contributed by atoms with E-state index in [1.165, 1.54) is 16.7 Å². The molecule has 1 aliphatic rings. The Morgan fingerprint density at radius 1 is 1.43 bits per heavy atom. The van der Waals surface area contributed by atoms with Crippen molar-refractivity contribution in [1.82, 2.24) is 0 Å². The summed E-state index contributed by atoms with van der Waals surface area (Å²) in [5.41, 5.74) is 9.87. The Bertz CT molecular complexity index is 314. The predicted octanol–water partition coefficient (Wildman–Crippen LogP) is 1.99. The fourth-order valence-electron chi connectivity index (χ4n) is 1.77. The van der Waals surface area contributed by atoms with Crippen LogP contribution in [0.5, 0.6) is 0 Å². The quantitative estimate of drug-likeness (QED) is 0.716. The lowest BCUT2D eigenvalue weighted by atomic mass is 9.98. The highest BCUT2D eigenvalue weighted by atomic mass is 35.5. The highest BCUT2D eigenvalue weighted by Crippen LogP contribution is 2.21. The van der Waals surface area contributed by atoms with Gasteiger partial charge in [-0.25, -0.2) is 0 Å². The fourth-order valence-corrected chi connectivity index (χ4v) is 1.77. The second-order valence-corrected chi connectivity index (χ2v) is 3.63. The van der Waals surface area contributed by atoms with Crippen molar-refractivity contribution in [2.24, 2.45) is 5.73 Å². The first kappa shape index (κ1) is 11.5. The van der Waals surface area contributed by atoms with Gasteiger partial charge in [0.25, 0.3) is 0 Å². The van der Waals surface area contributed by atoms with Crippen molar-refractivity contribution in [1.29, 1.82) is 0 Å². The van der Waals surface area contributed by atoms with Gasteiger partial charge < -0.3 is 10.5 Å². The lowest BCUT2D eigenvalue weighted by molar-refractivity contribution is 0.131. The molecule has 1 unspecified atom stereocenters. The number of rotatable bonds is 0. The average molecular weight is 214 g/mol. The van der Waals surface area contributed by atoms with E-state index in [-0.39, 0.29) is 18.4 Å². The van der Waals surface area contributed by atoms with E-state index in [1.54, 1.807) is 0 Å². The molecule has 0 aromatic heterocycles. The van der Waals surface area contributed by atoms with Crippen LogP contribution in [-0.2, 0) is 11.2 Å². The summed E-state index contributed by atoms with van der Waals surface area (Å²) in [6.45, 7) is 3.54. The zero-order valence-electron chi connectivity index (χ0n) is 8.32. The van der Waals surface area contributed by atoms with E-state index in [0.717, 1.165) is 13.0 Å². The van der Waals surface area contributed by atoms with Crippen molar-refractivity contribution in [3.63, 3.8) is 0 Å².